The first-order valence-electron chi connectivity index (χ1n) is 13.8. The number of amides is 1. The van der Waals surface area contributed by atoms with Gasteiger partial charge in [0.2, 0.25) is 10.0 Å². The lowest BCUT2D eigenvalue weighted by atomic mass is 10.1. The molecule has 0 spiro atoms. The fourth-order valence-corrected chi connectivity index (χ4v) is 4.94. The van der Waals surface area contributed by atoms with Crippen molar-refractivity contribution in [2.75, 3.05) is 17.1 Å². The molecule has 2 N–H and O–H groups in total. The normalized spacial score (nSPS) is 12.2. The first kappa shape index (κ1) is 32.8. The Morgan fingerprint density at radius 2 is 1.64 bits per heavy atom. The van der Waals surface area contributed by atoms with E-state index in [1.807, 2.05) is 13.0 Å². The van der Waals surface area contributed by atoms with Gasteiger partial charge in [-0.3, -0.25) is 19.5 Å². The van der Waals surface area contributed by atoms with Crippen molar-refractivity contribution in [2.24, 2.45) is 0 Å². The Bertz CT molecular complexity index is 1790. The zero-order valence-electron chi connectivity index (χ0n) is 25.1. The van der Waals surface area contributed by atoms with Gasteiger partial charge in [-0.05, 0) is 57.0 Å². The van der Waals surface area contributed by atoms with Crippen LogP contribution < -0.4 is 10.0 Å². The summed E-state index contributed by atoms with van der Waals surface area (Å²) in [4.78, 5) is 50.9. The van der Waals surface area contributed by atoms with Gasteiger partial charge in [-0.1, -0.05) is 42.5 Å². The SMILES string of the molecule is Cc1cccnc1-c1cc2cccnc2c(NS(=O)(=O)CC(=O)OCC(NC(=O)OC(C)(C)C)C(=O)OCc2ccccc2)n1. The smallest absolute Gasteiger partial charge is 0.408 e. The summed E-state index contributed by atoms with van der Waals surface area (Å²) >= 11 is 0. The maximum atomic E-state index is 13.1. The highest BCUT2D eigenvalue weighted by atomic mass is 32.2. The van der Waals surface area contributed by atoms with Crippen LogP contribution >= 0.6 is 0 Å². The second kappa shape index (κ2) is 14.1. The number of sulfonamides is 1. The van der Waals surface area contributed by atoms with Crippen molar-refractivity contribution in [2.45, 2.75) is 45.9 Å². The Labute approximate surface area is 260 Å². The molecule has 0 radical (unpaired) electrons. The van der Waals surface area contributed by atoms with E-state index >= 15 is 0 Å². The average molecular weight is 636 g/mol. The van der Waals surface area contributed by atoms with Crippen LogP contribution in [-0.4, -0.2) is 65.4 Å². The molecule has 0 aliphatic heterocycles. The van der Waals surface area contributed by atoms with Gasteiger partial charge in [0.1, 0.15) is 24.3 Å². The van der Waals surface area contributed by atoms with Gasteiger partial charge in [0, 0.05) is 17.8 Å². The number of carbonyl (C=O) groups is 3. The molecule has 0 aliphatic carbocycles. The quantitative estimate of drug-likeness (QED) is 0.180. The molecule has 0 saturated heterocycles. The van der Waals surface area contributed by atoms with Crippen LogP contribution in [0.3, 0.4) is 0 Å². The third-order valence-electron chi connectivity index (χ3n) is 6.01. The van der Waals surface area contributed by atoms with E-state index in [1.165, 1.54) is 6.20 Å². The first-order valence-corrected chi connectivity index (χ1v) is 15.5. The summed E-state index contributed by atoms with van der Waals surface area (Å²) in [6.45, 7) is 5.93. The lowest BCUT2D eigenvalue weighted by Crippen LogP contribution is -2.47. The molecular formula is C31H33N5O8S. The molecule has 0 bridgehead atoms. The van der Waals surface area contributed by atoms with E-state index in [9.17, 15) is 22.8 Å². The molecule has 0 fully saturated rings. The minimum absolute atomic E-state index is 0.102. The van der Waals surface area contributed by atoms with E-state index in [-0.39, 0.29) is 17.9 Å². The number of esters is 2. The number of benzene rings is 1. The monoisotopic (exact) mass is 635 g/mol. The van der Waals surface area contributed by atoms with Gasteiger partial charge in [-0.15, -0.1) is 0 Å². The Morgan fingerprint density at radius 1 is 0.933 bits per heavy atom. The number of nitrogens with one attached hydrogen (secondary N) is 2. The highest BCUT2D eigenvalue weighted by Gasteiger charge is 2.29. The highest BCUT2D eigenvalue weighted by molar-refractivity contribution is 7.93. The molecule has 236 valence electrons. The van der Waals surface area contributed by atoms with Crippen LogP contribution in [0.5, 0.6) is 0 Å². The van der Waals surface area contributed by atoms with E-state index in [1.54, 1.807) is 81.6 Å². The number of hydrogen-bond donors (Lipinski definition) is 2. The van der Waals surface area contributed by atoms with E-state index in [0.717, 1.165) is 5.56 Å². The maximum Gasteiger partial charge on any atom is 0.408 e. The predicted octanol–water partition coefficient (Wildman–Crippen LogP) is 3.92. The van der Waals surface area contributed by atoms with Gasteiger partial charge < -0.3 is 19.5 Å². The molecule has 3 aromatic heterocycles. The van der Waals surface area contributed by atoms with Gasteiger partial charge in [0.05, 0.1) is 11.4 Å². The Hall–Kier alpha value is -5.11. The minimum atomic E-state index is -4.37. The third kappa shape index (κ3) is 9.69. The summed E-state index contributed by atoms with van der Waals surface area (Å²) in [5, 5.41) is 2.91. The minimum Gasteiger partial charge on any atom is -0.462 e. The largest absolute Gasteiger partial charge is 0.462 e. The van der Waals surface area contributed by atoms with Crippen LogP contribution in [0.2, 0.25) is 0 Å². The maximum absolute atomic E-state index is 13.1. The standard InChI is InChI=1S/C31H33N5O8S/c1-20-10-8-14-32-26(20)23-16-22-13-9-15-33-27(22)28(34-23)36-45(40,41)19-25(37)42-18-24(35-30(39)44-31(2,3)4)29(38)43-17-21-11-6-5-7-12-21/h5-16,24H,17-19H2,1-4H3,(H,34,36)(H,35,39). The molecule has 4 rings (SSSR count). The molecule has 13 nitrogen and oxygen atoms in total. The van der Waals surface area contributed by atoms with Crippen LogP contribution in [0.15, 0.2) is 73.1 Å². The van der Waals surface area contributed by atoms with Crippen molar-refractivity contribution >= 4 is 44.8 Å². The van der Waals surface area contributed by atoms with Crippen LogP contribution in [0.4, 0.5) is 10.6 Å². The fraction of sp³-hybridized carbons (Fsp3) is 0.290. The summed E-state index contributed by atoms with van der Waals surface area (Å²) < 4.78 is 44.0. The Morgan fingerprint density at radius 3 is 2.36 bits per heavy atom. The molecule has 3 heterocycles. The third-order valence-corrected chi connectivity index (χ3v) is 7.13. The van der Waals surface area contributed by atoms with Crippen molar-refractivity contribution in [3.8, 4) is 11.4 Å². The molecule has 1 atom stereocenters. The van der Waals surface area contributed by atoms with Gasteiger partial charge >= 0.3 is 18.0 Å². The number of hydrogen-bond acceptors (Lipinski definition) is 11. The number of fused-ring (bicyclic) bond motifs is 1. The molecule has 1 aromatic carbocycles. The van der Waals surface area contributed by atoms with E-state index in [4.69, 9.17) is 14.2 Å². The highest BCUT2D eigenvalue weighted by Crippen LogP contribution is 2.27. The topological polar surface area (TPSA) is 176 Å². The number of aromatic nitrogens is 3. The van der Waals surface area contributed by atoms with Gasteiger partial charge in [0.25, 0.3) is 0 Å². The van der Waals surface area contributed by atoms with Crippen molar-refractivity contribution in [3.05, 3.63) is 84.2 Å². The average Bonchev–Trinajstić information content (AvgIpc) is 2.97. The molecule has 45 heavy (non-hydrogen) atoms. The number of ether oxygens (including phenoxy) is 3. The molecule has 0 aliphatic rings. The van der Waals surface area contributed by atoms with Crippen molar-refractivity contribution in [3.63, 3.8) is 0 Å². The fourth-order valence-electron chi connectivity index (χ4n) is 4.04. The number of nitrogens with zero attached hydrogens (tertiary/aromatic N) is 3. The van der Waals surface area contributed by atoms with Crippen LogP contribution in [-0.2, 0) is 40.4 Å². The van der Waals surface area contributed by atoms with E-state index < -0.39 is 52.1 Å². The van der Waals surface area contributed by atoms with Crippen LogP contribution in [0, 0.1) is 6.92 Å². The number of anilines is 1. The summed E-state index contributed by atoms with van der Waals surface area (Å²) in [6.07, 6.45) is 2.12. The molecule has 14 heteroatoms. The summed E-state index contributed by atoms with van der Waals surface area (Å²) in [6, 6.07) is 16.1. The molecule has 0 saturated carbocycles. The summed E-state index contributed by atoms with van der Waals surface area (Å²) in [7, 11) is -4.37. The zero-order chi connectivity index (χ0) is 32.6. The summed E-state index contributed by atoms with van der Waals surface area (Å²) in [5.41, 5.74) is 1.84. The van der Waals surface area contributed by atoms with Gasteiger partial charge in [0.15, 0.2) is 17.6 Å². The first-order chi connectivity index (χ1) is 21.3. The Balaban J connectivity index is 1.46. The van der Waals surface area contributed by atoms with Gasteiger partial charge in [-0.2, -0.15) is 0 Å². The lowest BCUT2D eigenvalue weighted by Gasteiger charge is -2.23. The second-order valence-electron chi connectivity index (χ2n) is 10.9. The molecule has 1 unspecified atom stereocenters. The molecule has 4 aromatic rings. The second-order valence-corrected chi connectivity index (χ2v) is 12.7. The number of rotatable bonds is 11. The lowest BCUT2D eigenvalue weighted by molar-refractivity contribution is -0.152. The number of alkyl carbamates (subject to hydrolysis) is 1. The number of carbonyl (C=O) groups excluding carboxylic acids is 3. The molecular weight excluding hydrogens is 602 g/mol. The van der Waals surface area contributed by atoms with E-state index in [0.29, 0.717) is 22.3 Å². The van der Waals surface area contributed by atoms with Crippen molar-refractivity contribution < 1.29 is 37.0 Å². The number of pyridine rings is 3. The van der Waals surface area contributed by atoms with Crippen molar-refractivity contribution in [1.82, 2.24) is 20.3 Å². The van der Waals surface area contributed by atoms with E-state index in [2.05, 4.69) is 25.0 Å². The molecule has 1 amide bonds. The van der Waals surface area contributed by atoms with Crippen LogP contribution in [0.1, 0.15) is 31.9 Å². The van der Waals surface area contributed by atoms with Crippen LogP contribution in [0.25, 0.3) is 22.3 Å². The van der Waals surface area contributed by atoms with Gasteiger partial charge in [-0.25, -0.2) is 23.0 Å². The number of aryl methyl sites for hydroxylation is 1. The summed E-state index contributed by atoms with van der Waals surface area (Å²) in [5.74, 6) is -3.33. The van der Waals surface area contributed by atoms with Crippen molar-refractivity contribution in [1.29, 1.82) is 0 Å². The zero-order valence-corrected chi connectivity index (χ0v) is 26.0. The Kier molecular flexibility index (Phi) is 10.3. The predicted molar refractivity (Wildman–Crippen MR) is 165 cm³/mol.